The predicted octanol–water partition coefficient (Wildman–Crippen LogP) is 3.17. The molecule has 8 heteroatoms. The van der Waals surface area contributed by atoms with Gasteiger partial charge in [0.25, 0.3) is 0 Å². The average molecular weight is 722 g/mol. The van der Waals surface area contributed by atoms with Crippen LogP contribution in [-0.2, 0) is 0 Å². The van der Waals surface area contributed by atoms with E-state index >= 15 is 0 Å². The normalized spacial score (nSPS) is 13.0. The van der Waals surface area contributed by atoms with Crippen molar-refractivity contribution in [3.8, 4) is 11.5 Å². The lowest BCUT2D eigenvalue weighted by Gasteiger charge is -2.32. The number of ether oxygens (including phenoxy) is 2. The number of aliphatic hydroxyl groups excluding tert-OH is 2. The number of aliphatic hydroxyl groups is 2. The monoisotopic (exact) mass is 721 g/mol. The summed E-state index contributed by atoms with van der Waals surface area (Å²) in [5, 5.41) is 21.3. The first-order valence-electron chi connectivity index (χ1n) is 19.4. The molecule has 286 valence electrons. The maximum Gasteiger partial charge on any atom is 0.137 e. The van der Waals surface area contributed by atoms with Gasteiger partial charge in [-0.1, -0.05) is 117 Å². The third-order valence-corrected chi connectivity index (χ3v) is 9.35. The minimum absolute atomic E-state index is 0. The van der Waals surface area contributed by atoms with Crippen LogP contribution in [0.5, 0.6) is 11.5 Å². The molecule has 0 spiro atoms. The number of rotatable bonds is 32. The lowest BCUT2D eigenvalue weighted by molar-refractivity contribution is -0.893. The van der Waals surface area contributed by atoms with Gasteiger partial charge in [0.2, 0.25) is 0 Å². The maximum atomic E-state index is 10.6. The van der Waals surface area contributed by atoms with Gasteiger partial charge in [0.15, 0.2) is 0 Å². The maximum absolute atomic E-state index is 10.6. The highest BCUT2D eigenvalue weighted by molar-refractivity contribution is 5.31. The summed E-state index contributed by atoms with van der Waals surface area (Å²) < 4.78 is 13.4. The fourth-order valence-corrected chi connectivity index (χ4v) is 6.50. The van der Waals surface area contributed by atoms with Crippen molar-refractivity contribution in [1.82, 2.24) is 0 Å². The average Bonchev–Trinajstić information content (AvgIpc) is 3.01. The van der Waals surface area contributed by atoms with Crippen LogP contribution in [0.2, 0.25) is 0 Å². The second-order valence-corrected chi connectivity index (χ2v) is 15.4. The van der Waals surface area contributed by atoms with Crippen LogP contribution in [0.15, 0.2) is 24.3 Å². The quantitative estimate of drug-likeness (QED) is 0.0888. The zero-order valence-corrected chi connectivity index (χ0v) is 33.7. The Kier molecular flexibility index (Phi) is 31.9. The topological polar surface area (TPSA) is 58.9 Å². The first-order chi connectivity index (χ1) is 22.1. The van der Waals surface area contributed by atoms with Gasteiger partial charge in [-0.05, 0) is 49.9 Å². The van der Waals surface area contributed by atoms with Gasteiger partial charge in [-0.2, -0.15) is 0 Å². The molecule has 1 rings (SSSR count). The fraction of sp³-hybridized carbons (Fsp3) is 0.850. The second-order valence-electron chi connectivity index (χ2n) is 15.4. The van der Waals surface area contributed by atoms with Gasteiger partial charge in [0.1, 0.15) is 50.0 Å². The van der Waals surface area contributed by atoms with Gasteiger partial charge in [-0.15, -0.1) is 0 Å². The van der Waals surface area contributed by atoms with E-state index in [-0.39, 0.29) is 38.0 Å². The van der Waals surface area contributed by atoms with Crippen LogP contribution in [-0.4, -0.2) is 99.0 Å². The highest BCUT2D eigenvalue weighted by atomic mass is 35.5. The van der Waals surface area contributed by atoms with E-state index in [1.807, 2.05) is 24.3 Å². The highest BCUT2D eigenvalue weighted by Gasteiger charge is 2.22. The Balaban J connectivity index is 0. The molecule has 0 amide bonds. The van der Waals surface area contributed by atoms with Crippen molar-refractivity contribution in [3.05, 3.63) is 24.3 Å². The third kappa shape index (κ3) is 29.0. The summed E-state index contributed by atoms with van der Waals surface area (Å²) in [5.41, 5.74) is 0. The molecule has 2 unspecified atom stereocenters. The van der Waals surface area contributed by atoms with Gasteiger partial charge in [0.05, 0.1) is 41.3 Å². The van der Waals surface area contributed by atoms with Gasteiger partial charge >= 0.3 is 0 Å². The Bertz CT molecular complexity index is 759. The zero-order valence-electron chi connectivity index (χ0n) is 32.2. The summed E-state index contributed by atoms with van der Waals surface area (Å²) in [6, 6.07) is 7.51. The summed E-state index contributed by atoms with van der Waals surface area (Å²) in [6.45, 7) is 8.65. The molecular formula is C40H78Cl2N2O4. The molecule has 1 aromatic rings. The van der Waals surface area contributed by atoms with E-state index in [4.69, 9.17) is 9.47 Å². The molecule has 48 heavy (non-hydrogen) atoms. The SMILES string of the molecule is CCCCCCCCCCCC[N+](C)(C)CC(O)COc1ccc(OCC(O)C[N+](C)(C)CCCCCCCCCCCC)cc1.[Cl-].[Cl-]. The standard InChI is InChI=1S/C40H78N2O4.2ClH/c1-7-9-11-13-15-17-19-21-23-25-31-41(3,4)33-37(43)35-45-39-27-29-40(30-28-39)46-36-38(44)34-42(5,6)32-26-24-22-20-18-16-14-12-10-8-2;;/h27-30,37-38,43-44H,7-26,31-36H2,1-6H3;2*1H/q+2;;/p-2. The van der Waals surface area contributed by atoms with E-state index in [2.05, 4.69) is 42.0 Å². The number of hydrogen-bond donors (Lipinski definition) is 2. The molecule has 0 aromatic heterocycles. The van der Waals surface area contributed by atoms with Crippen LogP contribution in [0.3, 0.4) is 0 Å². The Morgan fingerprint density at radius 2 is 0.708 bits per heavy atom. The van der Waals surface area contributed by atoms with Gasteiger partial charge < -0.3 is 53.5 Å². The number of hydrogen-bond acceptors (Lipinski definition) is 4. The Morgan fingerprint density at radius 1 is 0.458 bits per heavy atom. The van der Waals surface area contributed by atoms with E-state index in [1.165, 1.54) is 128 Å². The molecule has 0 bridgehead atoms. The number of nitrogens with zero attached hydrogens (tertiary/aromatic N) is 2. The first-order valence-corrected chi connectivity index (χ1v) is 19.4. The minimum atomic E-state index is -0.508. The largest absolute Gasteiger partial charge is 1.00 e. The molecule has 0 saturated heterocycles. The minimum Gasteiger partial charge on any atom is -1.00 e. The van der Waals surface area contributed by atoms with E-state index in [0.29, 0.717) is 13.1 Å². The number of halogens is 2. The Morgan fingerprint density at radius 3 is 0.979 bits per heavy atom. The van der Waals surface area contributed by atoms with Gasteiger partial charge in [-0.3, -0.25) is 0 Å². The van der Waals surface area contributed by atoms with Crippen LogP contribution >= 0.6 is 0 Å². The van der Waals surface area contributed by atoms with Gasteiger partial charge in [-0.25, -0.2) is 0 Å². The molecule has 0 aliphatic carbocycles. The smallest absolute Gasteiger partial charge is 0.137 e. The van der Waals surface area contributed by atoms with E-state index in [9.17, 15) is 10.2 Å². The number of benzene rings is 1. The lowest BCUT2D eigenvalue weighted by atomic mass is 10.1. The Hall–Kier alpha value is -0.760. The second kappa shape index (κ2) is 31.0. The molecule has 2 N–H and O–H groups in total. The first kappa shape index (κ1) is 49.4. The number of quaternary nitrogens is 2. The molecule has 0 heterocycles. The summed E-state index contributed by atoms with van der Waals surface area (Å²) in [4.78, 5) is 0. The predicted molar refractivity (Wildman–Crippen MR) is 197 cm³/mol. The van der Waals surface area contributed by atoms with E-state index < -0.39 is 12.2 Å². The molecule has 0 aliphatic heterocycles. The summed E-state index contributed by atoms with van der Waals surface area (Å²) in [5.74, 6) is 1.45. The molecule has 0 aliphatic rings. The summed E-state index contributed by atoms with van der Waals surface area (Å²) in [7, 11) is 8.82. The lowest BCUT2D eigenvalue weighted by Crippen LogP contribution is -3.00. The summed E-state index contributed by atoms with van der Waals surface area (Å²) in [6.07, 6.45) is 25.9. The molecule has 0 radical (unpaired) electrons. The van der Waals surface area contributed by atoms with Crippen molar-refractivity contribution in [2.45, 2.75) is 154 Å². The van der Waals surface area contributed by atoms with Crippen LogP contribution in [0.4, 0.5) is 0 Å². The van der Waals surface area contributed by atoms with Crippen molar-refractivity contribution < 1.29 is 53.5 Å². The van der Waals surface area contributed by atoms with E-state index in [0.717, 1.165) is 33.6 Å². The van der Waals surface area contributed by atoms with Crippen LogP contribution in [0.25, 0.3) is 0 Å². The van der Waals surface area contributed by atoms with Crippen LogP contribution in [0, 0.1) is 0 Å². The fourth-order valence-electron chi connectivity index (χ4n) is 6.50. The van der Waals surface area contributed by atoms with Crippen molar-refractivity contribution in [1.29, 1.82) is 0 Å². The third-order valence-electron chi connectivity index (χ3n) is 9.35. The molecular weight excluding hydrogens is 643 g/mol. The molecule has 6 nitrogen and oxygen atoms in total. The Labute approximate surface area is 310 Å². The van der Waals surface area contributed by atoms with Crippen molar-refractivity contribution in [2.75, 3.05) is 67.6 Å². The molecule has 0 saturated carbocycles. The highest BCUT2D eigenvalue weighted by Crippen LogP contribution is 2.19. The molecule has 2 atom stereocenters. The molecule has 0 fully saturated rings. The number of likely N-dealkylation sites (N-methyl/N-ethyl adjacent to an activating group) is 2. The van der Waals surface area contributed by atoms with Crippen LogP contribution in [0.1, 0.15) is 142 Å². The van der Waals surface area contributed by atoms with Crippen molar-refractivity contribution in [2.24, 2.45) is 0 Å². The zero-order chi connectivity index (χ0) is 33.9. The van der Waals surface area contributed by atoms with Crippen molar-refractivity contribution in [3.63, 3.8) is 0 Å². The van der Waals surface area contributed by atoms with Crippen molar-refractivity contribution >= 4 is 0 Å². The van der Waals surface area contributed by atoms with Crippen LogP contribution < -0.4 is 34.3 Å². The number of unbranched alkanes of at least 4 members (excludes halogenated alkanes) is 18. The molecule has 1 aromatic carbocycles. The van der Waals surface area contributed by atoms with Gasteiger partial charge in [0, 0.05) is 0 Å². The summed E-state index contributed by atoms with van der Waals surface area (Å²) >= 11 is 0. The van der Waals surface area contributed by atoms with E-state index in [1.54, 1.807) is 0 Å².